The Kier molecular flexibility index (Phi) is 2.79. The van der Waals surface area contributed by atoms with E-state index in [1.807, 2.05) is 49.5 Å². The summed E-state index contributed by atoms with van der Waals surface area (Å²) in [5, 5.41) is 7.28. The predicted octanol–water partition coefficient (Wildman–Crippen LogP) is 2.65. The topological polar surface area (TPSA) is 61.9 Å². The predicted molar refractivity (Wildman–Crippen MR) is 82.2 cm³/mol. The van der Waals surface area contributed by atoms with Crippen LogP contribution in [0.3, 0.4) is 0 Å². The summed E-state index contributed by atoms with van der Waals surface area (Å²) in [6.07, 6.45) is 3.53. The molecular weight excluding hydrogens is 276 g/mol. The molecular formula is C17H14N4O. The maximum atomic E-state index is 12.5. The Bertz CT molecular complexity index is 826. The van der Waals surface area contributed by atoms with E-state index in [9.17, 15) is 4.79 Å². The summed E-state index contributed by atoms with van der Waals surface area (Å²) in [5.74, 6) is -0.0430. The van der Waals surface area contributed by atoms with Crippen molar-refractivity contribution in [3.63, 3.8) is 0 Å². The van der Waals surface area contributed by atoms with Gasteiger partial charge in [-0.05, 0) is 11.6 Å². The standard InChI is InChI=1S/C17H14N4O/c1-21-16(12-8-5-9-18-10-12)13-14(11-6-3-2-4-7-11)19-20-15(13)17(21)22/h2-10,16H,1H3,(H,19,20)/t16-/m0/s1. The van der Waals surface area contributed by atoms with Gasteiger partial charge in [-0.25, -0.2) is 0 Å². The van der Waals surface area contributed by atoms with Crippen molar-refractivity contribution in [3.8, 4) is 11.3 Å². The number of nitrogens with one attached hydrogen (secondary N) is 1. The smallest absolute Gasteiger partial charge is 0.272 e. The van der Waals surface area contributed by atoms with Gasteiger partial charge >= 0.3 is 0 Å². The van der Waals surface area contributed by atoms with Crippen LogP contribution in [-0.2, 0) is 0 Å². The fourth-order valence-electron chi connectivity index (χ4n) is 3.01. The van der Waals surface area contributed by atoms with Crippen molar-refractivity contribution in [2.24, 2.45) is 0 Å². The Morgan fingerprint density at radius 1 is 1.14 bits per heavy atom. The number of nitrogens with zero attached hydrogens (tertiary/aromatic N) is 3. The van der Waals surface area contributed by atoms with Crippen LogP contribution in [0, 0.1) is 0 Å². The van der Waals surface area contributed by atoms with E-state index in [0.717, 1.165) is 22.4 Å². The van der Waals surface area contributed by atoms with Crippen molar-refractivity contribution >= 4 is 5.91 Å². The van der Waals surface area contributed by atoms with Crippen LogP contribution in [0.4, 0.5) is 0 Å². The molecule has 5 heteroatoms. The molecule has 5 nitrogen and oxygen atoms in total. The molecule has 0 aliphatic carbocycles. The third-order valence-corrected chi connectivity index (χ3v) is 4.05. The highest BCUT2D eigenvalue weighted by Gasteiger charge is 2.40. The van der Waals surface area contributed by atoms with Gasteiger partial charge in [-0.1, -0.05) is 36.4 Å². The minimum Gasteiger partial charge on any atom is -0.329 e. The fraction of sp³-hybridized carbons (Fsp3) is 0.118. The molecule has 0 fully saturated rings. The van der Waals surface area contributed by atoms with Gasteiger partial charge in [0.15, 0.2) is 0 Å². The number of carbonyl (C=O) groups is 1. The van der Waals surface area contributed by atoms with E-state index in [0.29, 0.717) is 5.69 Å². The normalized spacial score (nSPS) is 16.9. The Hall–Kier alpha value is -2.95. The molecule has 4 rings (SSSR count). The monoisotopic (exact) mass is 290 g/mol. The summed E-state index contributed by atoms with van der Waals surface area (Å²) in [6, 6.07) is 13.6. The van der Waals surface area contributed by atoms with Crippen LogP contribution >= 0.6 is 0 Å². The van der Waals surface area contributed by atoms with E-state index >= 15 is 0 Å². The van der Waals surface area contributed by atoms with Crippen LogP contribution in [0.25, 0.3) is 11.3 Å². The molecule has 2 aromatic heterocycles. The molecule has 1 aliphatic heterocycles. The van der Waals surface area contributed by atoms with Gasteiger partial charge < -0.3 is 4.90 Å². The molecule has 1 aliphatic rings. The van der Waals surface area contributed by atoms with Crippen LogP contribution in [-0.4, -0.2) is 33.0 Å². The number of rotatable bonds is 2. The molecule has 0 saturated carbocycles. The van der Waals surface area contributed by atoms with Gasteiger partial charge in [0.25, 0.3) is 5.91 Å². The zero-order valence-electron chi connectivity index (χ0n) is 12.0. The number of H-pyrrole nitrogens is 1. The Morgan fingerprint density at radius 3 is 2.68 bits per heavy atom. The van der Waals surface area contributed by atoms with Crippen LogP contribution in [0.1, 0.15) is 27.7 Å². The largest absolute Gasteiger partial charge is 0.329 e. The van der Waals surface area contributed by atoms with Crippen molar-refractivity contribution < 1.29 is 4.79 Å². The number of aromatic nitrogens is 3. The van der Waals surface area contributed by atoms with Crippen LogP contribution in [0.5, 0.6) is 0 Å². The minimum atomic E-state index is -0.162. The summed E-state index contributed by atoms with van der Waals surface area (Å²) in [7, 11) is 1.81. The van der Waals surface area contributed by atoms with E-state index < -0.39 is 0 Å². The summed E-state index contributed by atoms with van der Waals surface area (Å²) < 4.78 is 0. The highest BCUT2D eigenvalue weighted by atomic mass is 16.2. The Labute approximate surface area is 127 Å². The van der Waals surface area contributed by atoms with Crippen molar-refractivity contribution in [2.45, 2.75) is 6.04 Å². The third kappa shape index (κ3) is 1.75. The first-order valence-corrected chi connectivity index (χ1v) is 7.08. The summed E-state index contributed by atoms with van der Waals surface area (Å²) in [6.45, 7) is 0. The Balaban J connectivity index is 1.92. The second-order valence-electron chi connectivity index (χ2n) is 5.33. The lowest BCUT2D eigenvalue weighted by Crippen LogP contribution is -2.24. The highest BCUT2D eigenvalue weighted by molar-refractivity contribution is 5.99. The number of hydrogen-bond donors (Lipinski definition) is 1. The summed E-state index contributed by atoms with van der Waals surface area (Å²) in [4.78, 5) is 18.4. The molecule has 0 radical (unpaired) electrons. The van der Waals surface area contributed by atoms with Crippen molar-refractivity contribution in [1.82, 2.24) is 20.1 Å². The van der Waals surface area contributed by atoms with Crippen LogP contribution in [0.15, 0.2) is 54.9 Å². The number of amides is 1. The maximum absolute atomic E-state index is 12.5. The first-order chi connectivity index (χ1) is 10.8. The number of hydrogen-bond acceptors (Lipinski definition) is 3. The molecule has 3 aromatic rings. The van der Waals surface area contributed by atoms with Crippen molar-refractivity contribution in [3.05, 3.63) is 71.7 Å². The molecule has 0 spiro atoms. The van der Waals surface area contributed by atoms with Gasteiger partial charge in [-0.3, -0.25) is 14.9 Å². The molecule has 108 valence electrons. The summed E-state index contributed by atoms with van der Waals surface area (Å²) >= 11 is 0. The van der Waals surface area contributed by atoms with E-state index in [1.165, 1.54) is 0 Å². The average Bonchev–Trinajstić information content (AvgIpc) is 3.10. The molecule has 0 bridgehead atoms. The molecule has 3 heterocycles. The minimum absolute atomic E-state index is 0.0430. The quantitative estimate of drug-likeness (QED) is 0.789. The van der Waals surface area contributed by atoms with Gasteiger partial charge in [-0.2, -0.15) is 5.10 Å². The van der Waals surface area contributed by atoms with Crippen molar-refractivity contribution in [1.29, 1.82) is 0 Å². The first-order valence-electron chi connectivity index (χ1n) is 7.08. The number of carbonyl (C=O) groups excluding carboxylic acids is 1. The number of pyridine rings is 1. The maximum Gasteiger partial charge on any atom is 0.272 e. The van der Waals surface area contributed by atoms with Crippen molar-refractivity contribution in [2.75, 3.05) is 7.05 Å². The fourth-order valence-corrected chi connectivity index (χ4v) is 3.01. The molecule has 1 amide bonds. The van der Waals surface area contributed by atoms with Gasteiger partial charge in [-0.15, -0.1) is 0 Å². The van der Waals surface area contributed by atoms with Gasteiger partial charge in [0, 0.05) is 30.6 Å². The summed E-state index contributed by atoms with van der Waals surface area (Å²) in [5.41, 5.74) is 4.29. The molecule has 0 unspecified atom stereocenters. The zero-order chi connectivity index (χ0) is 15.1. The molecule has 22 heavy (non-hydrogen) atoms. The number of benzene rings is 1. The lowest BCUT2D eigenvalue weighted by atomic mass is 9.97. The average molecular weight is 290 g/mol. The van der Waals surface area contributed by atoms with E-state index in [2.05, 4.69) is 15.2 Å². The lowest BCUT2D eigenvalue weighted by molar-refractivity contribution is 0.0787. The van der Waals surface area contributed by atoms with E-state index in [1.54, 1.807) is 17.3 Å². The number of fused-ring (bicyclic) bond motifs is 1. The lowest BCUT2D eigenvalue weighted by Gasteiger charge is -2.21. The van der Waals surface area contributed by atoms with Gasteiger partial charge in [0.1, 0.15) is 5.69 Å². The first kappa shape index (κ1) is 12.8. The molecule has 1 aromatic carbocycles. The van der Waals surface area contributed by atoms with Gasteiger partial charge in [0.2, 0.25) is 0 Å². The SMILES string of the molecule is CN1C(=O)c2[nH]nc(-c3ccccc3)c2[C@@H]1c1cccnc1. The Morgan fingerprint density at radius 2 is 1.95 bits per heavy atom. The highest BCUT2D eigenvalue weighted by Crippen LogP contribution is 2.41. The zero-order valence-corrected chi connectivity index (χ0v) is 12.0. The second-order valence-corrected chi connectivity index (χ2v) is 5.33. The molecule has 1 N–H and O–H groups in total. The van der Waals surface area contributed by atoms with Gasteiger partial charge in [0.05, 0.1) is 11.7 Å². The van der Waals surface area contributed by atoms with Crippen LogP contribution < -0.4 is 0 Å². The van der Waals surface area contributed by atoms with E-state index in [4.69, 9.17) is 0 Å². The molecule has 0 saturated heterocycles. The van der Waals surface area contributed by atoms with E-state index in [-0.39, 0.29) is 11.9 Å². The molecule has 1 atom stereocenters. The van der Waals surface area contributed by atoms with Crippen LogP contribution in [0.2, 0.25) is 0 Å². The third-order valence-electron chi connectivity index (χ3n) is 4.05. The second kappa shape index (κ2) is 4.80. The number of aromatic amines is 1.